The van der Waals surface area contributed by atoms with Crippen molar-refractivity contribution in [1.82, 2.24) is 0 Å². The number of esters is 3. The van der Waals surface area contributed by atoms with Gasteiger partial charge in [-0.2, -0.15) is 0 Å². The number of allylic oxidation sites excluding steroid dienone is 10. The second kappa shape index (κ2) is 56.7. The third-order valence-corrected chi connectivity index (χ3v) is 12.7. The highest BCUT2D eigenvalue weighted by atomic mass is 16.6. The van der Waals surface area contributed by atoms with Crippen molar-refractivity contribution in [1.29, 1.82) is 0 Å². The molecule has 6 nitrogen and oxygen atoms in total. The van der Waals surface area contributed by atoms with Crippen LogP contribution in [0.3, 0.4) is 0 Å². The van der Waals surface area contributed by atoms with Crippen molar-refractivity contribution >= 4 is 17.9 Å². The molecule has 0 aromatic carbocycles. The topological polar surface area (TPSA) is 78.9 Å². The van der Waals surface area contributed by atoms with E-state index in [2.05, 4.69) is 81.5 Å². The minimum atomic E-state index is -0.787. The Bertz CT molecular complexity index is 1230. The largest absolute Gasteiger partial charge is 0.462 e. The number of rotatable bonds is 53. The second-order valence-electron chi connectivity index (χ2n) is 19.5. The first-order valence-electron chi connectivity index (χ1n) is 29.3. The summed E-state index contributed by atoms with van der Waals surface area (Å²) >= 11 is 0. The van der Waals surface area contributed by atoms with Crippen molar-refractivity contribution in [3.63, 3.8) is 0 Å². The van der Waals surface area contributed by atoms with Crippen LogP contribution >= 0.6 is 0 Å². The van der Waals surface area contributed by atoms with E-state index >= 15 is 0 Å². The first-order valence-corrected chi connectivity index (χ1v) is 29.3. The van der Waals surface area contributed by atoms with Gasteiger partial charge in [-0.25, -0.2) is 0 Å². The molecule has 394 valence electrons. The molecule has 0 unspecified atom stereocenters. The van der Waals surface area contributed by atoms with Gasteiger partial charge in [0, 0.05) is 19.3 Å². The normalized spacial score (nSPS) is 12.5. The molecule has 0 amide bonds. The summed E-state index contributed by atoms with van der Waals surface area (Å²) in [5, 5.41) is 0. The number of carbonyl (C=O) groups excluding carboxylic acids is 3. The first-order chi connectivity index (χ1) is 33.5. The zero-order valence-electron chi connectivity index (χ0n) is 45.1. The molecular weight excluding hydrogens is 841 g/mol. The molecule has 0 aromatic rings. The number of hydrogen-bond donors (Lipinski definition) is 0. The van der Waals surface area contributed by atoms with E-state index < -0.39 is 6.10 Å². The highest BCUT2D eigenvalue weighted by Crippen LogP contribution is 2.15. The highest BCUT2D eigenvalue weighted by molar-refractivity contribution is 5.71. The van der Waals surface area contributed by atoms with Gasteiger partial charge < -0.3 is 14.2 Å². The molecule has 0 saturated heterocycles. The van der Waals surface area contributed by atoms with Gasteiger partial charge in [-0.1, -0.05) is 236 Å². The fraction of sp³-hybridized carbons (Fsp3) is 0.790. The number of unbranched alkanes of at least 4 members (excludes halogenated alkanes) is 32. The van der Waals surface area contributed by atoms with Gasteiger partial charge in [0.15, 0.2) is 6.10 Å². The Hall–Kier alpha value is -2.89. The molecule has 6 heteroatoms. The molecule has 0 fully saturated rings. The van der Waals surface area contributed by atoms with E-state index in [4.69, 9.17) is 14.2 Å². The van der Waals surface area contributed by atoms with Gasteiger partial charge in [-0.3, -0.25) is 14.4 Å². The zero-order valence-corrected chi connectivity index (χ0v) is 45.1. The summed E-state index contributed by atoms with van der Waals surface area (Å²) in [7, 11) is 0. The minimum absolute atomic E-state index is 0.0844. The zero-order chi connectivity index (χ0) is 49.3. The van der Waals surface area contributed by atoms with Gasteiger partial charge in [0.1, 0.15) is 13.2 Å². The molecule has 0 N–H and O–H groups in total. The average molecular weight is 952 g/mol. The van der Waals surface area contributed by atoms with Crippen molar-refractivity contribution < 1.29 is 28.6 Å². The number of carbonyl (C=O) groups is 3. The monoisotopic (exact) mass is 951 g/mol. The summed E-state index contributed by atoms with van der Waals surface area (Å²) < 4.78 is 16.9. The summed E-state index contributed by atoms with van der Waals surface area (Å²) in [6.45, 7) is 6.53. The predicted octanol–water partition coefficient (Wildman–Crippen LogP) is 19.6. The highest BCUT2D eigenvalue weighted by Gasteiger charge is 2.19. The summed E-state index contributed by atoms with van der Waals surface area (Å²) in [4.78, 5) is 38.2. The molecule has 0 aliphatic heterocycles. The summed E-state index contributed by atoms with van der Waals surface area (Å²) in [5.74, 6) is -0.903. The van der Waals surface area contributed by atoms with E-state index in [1.54, 1.807) is 0 Å². The molecule has 68 heavy (non-hydrogen) atoms. The van der Waals surface area contributed by atoms with Gasteiger partial charge in [-0.15, -0.1) is 0 Å². The van der Waals surface area contributed by atoms with E-state index in [1.807, 2.05) is 0 Å². The van der Waals surface area contributed by atoms with Crippen LogP contribution in [0.4, 0.5) is 0 Å². The maximum absolute atomic E-state index is 12.9. The second-order valence-corrected chi connectivity index (χ2v) is 19.5. The lowest BCUT2D eigenvalue weighted by Crippen LogP contribution is -2.30. The molecule has 0 saturated carbocycles. The molecule has 1 atom stereocenters. The molecule has 0 aliphatic carbocycles. The van der Waals surface area contributed by atoms with Gasteiger partial charge in [-0.05, 0) is 103 Å². The van der Waals surface area contributed by atoms with E-state index in [9.17, 15) is 14.4 Å². The van der Waals surface area contributed by atoms with Crippen LogP contribution in [0.15, 0.2) is 60.8 Å². The SMILES string of the molecule is CC/C=C\C/C=C\C/C=C\CCCCCCCC(=O)OC[C@H](COC(=O)CCCCCCCCC/C=C\CCCCCCCCCC)OC(=O)CCCCCCC/C=C\CCCCCCCCC. The standard InChI is InChI=1S/C62H110O6/c1-4-7-10-13-16-19-22-25-28-30-31-32-35-37-40-43-46-49-52-55-61(64)67-58-59(57-66-60(63)54-51-48-45-42-39-36-33-27-24-21-18-15-12-9-6-3)68-62(65)56-53-50-47-44-41-38-34-29-26-23-20-17-14-11-8-5-2/h9,12,18,21,27,29-31,33-34,59H,4-8,10-11,13-17,19-20,22-26,28,32,35-58H2,1-3H3/b12-9-,21-18-,31-30-,33-27-,34-29-/t59-/m1/s1. The molecule has 0 aromatic heterocycles. The Morgan fingerprint density at radius 2 is 0.574 bits per heavy atom. The lowest BCUT2D eigenvalue weighted by atomic mass is 10.1. The fourth-order valence-electron chi connectivity index (χ4n) is 8.33. The lowest BCUT2D eigenvalue weighted by Gasteiger charge is -2.18. The molecule has 0 spiro atoms. The van der Waals surface area contributed by atoms with E-state index in [0.717, 1.165) is 109 Å². The van der Waals surface area contributed by atoms with Crippen molar-refractivity contribution in [3.8, 4) is 0 Å². The predicted molar refractivity (Wildman–Crippen MR) is 293 cm³/mol. The van der Waals surface area contributed by atoms with Crippen LogP contribution in [0, 0.1) is 0 Å². The maximum atomic E-state index is 12.9. The van der Waals surface area contributed by atoms with Crippen molar-refractivity contribution in [3.05, 3.63) is 60.8 Å². The van der Waals surface area contributed by atoms with E-state index in [1.165, 1.54) is 148 Å². The summed E-state index contributed by atoms with van der Waals surface area (Å²) in [6.07, 6.45) is 70.7. The van der Waals surface area contributed by atoms with Crippen LogP contribution in [0.1, 0.15) is 297 Å². The third-order valence-electron chi connectivity index (χ3n) is 12.7. The Morgan fingerprint density at radius 3 is 0.912 bits per heavy atom. The van der Waals surface area contributed by atoms with E-state index in [-0.39, 0.29) is 31.1 Å². The average Bonchev–Trinajstić information content (AvgIpc) is 3.34. The van der Waals surface area contributed by atoms with Gasteiger partial charge in [0.05, 0.1) is 0 Å². The van der Waals surface area contributed by atoms with Crippen molar-refractivity contribution in [2.45, 2.75) is 303 Å². The minimum Gasteiger partial charge on any atom is -0.462 e. The van der Waals surface area contributed by atoms with Crippen molar-refractivity contribution in [2.75, 3.05) is 13.2 Å². The third kappa shape index (κ3) is 54.1. The fourth-order valence-corrected chi connectivity index (χ4v) is 8.33. The Morgan fingerprint density at radius 1 is 0.309 bits per heavy atom. The lowest BCUT2D eigenvalue weighted by molar-refractivity contribution is -0.167. The van der Waals surface area contributed by atoms with Crippen LogP contribution < -0.4 is 0 Å². The molecule has 0 radical (unpaired) electrons. The van der Waals surface area contributed by atoms with Crippen LogP contribution in [0.2, 0.25) is 0 Å². The molecule has 0 heterocycles. The van der Waals surface area contributed by atoms with Gasteiger partial charge >= 0.3 is 17.9 Å². The summed E-state index contributed by atoms with van der Waals surface area (Å²) in [5.41, 5.74) is 0. The van der Waals surface area contributed by atoms with Gasteiger partial charge in [0.25, 0.3) is 0 Å². The van der Waals surface area contributed by atoms with E-state index in [0.29, 0.717) is 19.3 Å². The Labute approximate surface area is 421 Å². The smallest absolute Gasteiger partial charge is 0.306 e. The Kier molecular flexibility index (Phi) is 54.3. The van der Waals surface area contributed by atoms with Crippen LogP contribution in [-0.4, -0.2) is 37.2 Å². The maximum Gasteiger partial charge on any atom is 0.306 e. The molecule has 0 bridgehead atoms. The number of ether oxygens (including phenoxy) is 3. The molecular formula is C62H110O6. The van der Waals surface area contributed by atoms with Crippen LogP contribution in [-0.2, 0) is 28.6 Å². The molecule has 0 aliphatic rings. The van der Waals surface area contributed by atoms with Crippen LogP contribution in [0.25, 0.3) is 0 Å². The van der Waals surface area contributed by atoms with Gasteiger partial charge in [0.2, 0.25) is 0 Å². The quantitative estimate of drug-likeness (QED) is 0.0262. The summed E-state index contributed by atoms with van der Waals surface area (Å²) in [6, 6.07) is 0. The van der Waals surface area contributed by atoms with Crippen LogP contribution in [0.5, 0.6) is 0 Å². The van der Waals surface area contributed by atoms with Crippen molar-refractivity contribution in [2.24, 2.45) is 0 Å². The first kappa shape index (κ1) is 65.1. The Balaban J connectivity index is 4.39. The molecule has 0 rings (SSSR count). The number of hydrogen-bond acceptors (Lipinski definition) is 6.